The van der Waals surface area contributed by atoms with Crippen LogP contribution in [0.4, 0.5) is 4.39 Å². The maximum Gasteiger partial charge on any atom is 0.309 e. The Labute approximate surface area is 297 Å². The van der Waals surface area contributed by atoms with Gasteiger partial charge in [-0.15, -0.1) is 0 Å². The number of ketones is 1. The minimum Gasteiger partial charge on any atom is -0.481 e. The maximum atomic E-state index is 14.8. The van der Waals surface area contributed by atoms with Crippen LogP contribution in [-0.4, -0.2) is 40.4 Å². The molecular formula is C42H58FNO6. The van der Waals surface area contributed by atoms with E-state index < -0.39 is 34.6 Å². The summed E-state index contributed by atoms with van der Waals surface area (Å²) >= 11 is 0. The van der Waals surface area contributed by atoms with Crippen molar-refractivity contribution in [3.05, 3.63) is 46.8 Å². The highest BCUT2D eigenvalue weighted by atomic mass is 19.1. The Morgan fingerprint density at radius 2 is 1.66 bits per heavy atom. The fourth-order valence-corrected chi connectivity index (χ4v) is 12.4. The van der Waals surface area contributed by atoms with E-state index >= 15 is 0 Å². The molecular weight excluding hydrogens is 633 g/mol. The molecule has 0 spiro atoms. The molecule has 0 radical (unpaired) electrons. The molecule has 1 aromatic carbocycles. The Balaban J connectivity index is 1.33. The van der Waals surface area contributed by atoms with Gasteiger partial charge in [0.25, 0.3) is 5.91 Å². The third-order valence-corrected chi connectivity index (χ3v) is 15.2. The van der Waals surface area contributed by atoms with Crippen molar-refractivity contribution in [1.29, 1.82) is 0 Å². The number of aliphatic carboxylic acids is 1. The minimum absolute atomic E-state index is 0.00941. The van der Waals surface area contributed by atoms with Gasteiger partial charge in [0.05, 0.1) is 22.9 Å². The molecule has 1 amide bonds. The molecule has 7 nitrogen and oxygen atoms in total. The first-order valence-electron chi connectivity index (χ1n) is 18.9. The average Bonchev–Trinajstić information content (AvgIpc) is 3.30. The second-order valence-electron chi connectivity index (χ2n) is 18.9. The molecule has 274 valence electrons. The minimum atomic E-state index is -1.18. The fraction of sp³-hybridized carbons (Fsp3) is 0.714. The second-order valence-corrected chi connectivity index (χ2v) is 18.9. The first kappa shape index (κ1) is 36.8. The molecule has 4 fully saturated rings. The van der Waals surface area contributed by atoms with E-state index in [4.69, 9.17) is 4.74 Å². The highest BCUT2D eigenvalue weighted by molar-refractivity contribution is 5.98. The standard InChI is InChI=1S/C42H58FNO6/c1-24(2)33-28(45)22-42(44-35(47)25-12-10-11-13-27(25)43)21-20-40(8)26(34(33)42)14-15-30-39(7)18-17-31(50-32(46)23-37(3,4)36(48)49)38(5,6)29(39)16-19-41(30,40)9/h10-13,24,29-31,33H,14-23H2,1-9H3,(H,44,47)(H,48,49)/t29-,30+,31-,33?,39-,40+,41+,42+/m0/s1. The lowest BCUT2D eigenvalue weighted by Gasteiger charge is -2.70. The average molecular weight is 692 g/mol. The van der Waals surface area contributed by atoms with E-state index in [-0.39, 0.29) is 63.8 Å². The number of hydrogen-bond donors (Lipinski definition) is 2. The van der Waals surface area contributed by atoms with Crippen LogP contribution in [0.15, 0.2) is 35.4 Å². The predicted octanol–water partition coefficient (Wildman–Crippen LogP) is 8.70. The third-order valence-electron chi connectivity index (χ3n) is 15.2. The SMILES string of the molecule is CC(C)C1C(=O)C[C@]2(NC(=O)c3ccccc3F)CC[C@]3(C)C(=C12)CC[C@@H]1[C@@]2(C)CC[C@H](OC(=O)CC(C)(C)C(=O)O)C(C)(C)[C@@H]2CC[C@]13C. The van der Waals surface area contributed by atoms with Crippen LogP contribution in [0.25, 0.3) is 0 Å². The quantitative estimate of drug-likeness (QED) is 0.219. The van der Waals surface area contributed by atoms with E-state index in [1.54, 1.807) is 26.0 Å². The zero-order chi connectivity index (χ0) is 36.8. The van der Waals surface area contributed by atoms with Crippen LogP contribution in [0.1, 0.15) is 137 Å². The van der Waals surface area contributed by atoms with E-state index in [1.165, 1.54) is 17.7 Å². The Morgan fingerprint density at radius 1 is 0.980 bits per heavy atom. The van der Waals surface area contributed by atoms with Gasteiger partial charge >= 0.3 is 11.9 Å². The fourth-order valence-electron chi connectivity index (χ4n) is 12.4. The maximum absolute atomic E-state index is 14.8. The Morgan fingerprint density at radius 3 is 2.30 bits per heavy atom. The van der Waals surface area contributed by atoms with Gasteiger partial charge < -0.3 is 15.2 Å². The van der Waals surface area contributed by atoms with Gasteiger partial charge in [-0.3, -0.25) is 19.2 Å². The summed E-state index contributed by atoms with van der Waals surface area (Å²) in [4.78, 5) is 52.4. The smallest absolute Gasteiger partial charge is 0.309 e. The molecule has 0 saturated heterocycles. The van der Waals surface area contributed by atoms with Crippen molar-refractivity contribution in [2.45, 2.75) is 138 Å². The summed E-state index contributed by atoms with van der Waals surface area (Å²) in [5.41, 5.74) is 0.00978. The van der Waals surface area contributed by atoms with Gasteiger partial charge in [0.15, 0.2) is 0 Å². The van der Waals surface area contributed by atoms with Crippen molar-refractivity contribution in [2.24, 2.45) is 50.7 Å². The second kappa shape index (κ2) is 12.0. The number of carbonyl (C=O) groups excluding carboxylic acids is 3. The number of benzene rings is 1. The van der Waals surface area contributed by atoms with Crippen molar-refractivity contribution in [1.82, 2.24) is 5.32 Å². The number of esters is 1. The molecule has 5 aliphatic carbocycles. The molecule has 5 aliphatic rings. The van der Waals surface area contributed by atoms with Crippen molar-refractivity contribution in [2.75, 3.05) is 0 Å². The van der Waals surface area contributed by atoms with Crippen LogP contribution in [0.5, 0.6) is 0 Å². The molecule has 2 N–H and O–H groups in total. The number of rotatable bonds is 7. The molecule has 0 bridgehead atoms. The van der Waals surface area contributed by atoms with Gasteiger partial charge in [-0.1, -0.05) is 66.2 Å². The number of carbonyl (C=O) groups is 4. The van der Waals surface area contributed by atoms with Crippen molar-refractivity contribution in [3.63, 3.8) is 0 Å². The van der Waals surface area contributed by atoms with Crippen molar-refractivity contribution in [3.8, 4) is 0 Å². The summed E-state index contributed by atoms with van der Waals surface area (Å²) in [7, 11) is 0. The lowest BCUT2D eigenvalue weighted by atomic mass is 9.34. The zero-order valence-electron chi connectivity index (χ0n) is 31.6. The highest BCUT2D eigenvalue weighted by Gasteiger charge is 2.69. The van der Waals surface area contributed by atoms with Crippen LogP contribution < -0.4 is 5.32 Å². The number of ether oxygens (including phenoxy) is 1. The number of fused-ring (bicyclic) bond motifs is 6. The topological polar surface area (TPSA) is 110 Å². The molecule has 1 aromatic rings. The molecule has 0 aromatic heterocycles. The number of hydrogen-bond acceptors (Lipinski definition) is 5. The first-order valence-corrected chi connectivity index (χ1v) is 18.9. The van der Waals surface area contributed by atoms with Crippen LogP contribution in [0, 0.1) is 56.6 Å². The number of Topliss-reactive ketones (excluding diaryl/α,β-unsaturated/α-hetero) is 1. The van der Waals surface area contributed by atoms with Crippen molar-refractivity contribution >= 4 is 23.6 Å². The summed E-state index contributed by atoms with van der Waals surface area (Å²) in [6, 6.07) is 6.06. The Kier molecular flexibility index (Phi) is 8.83. The Hall–Kier alpha value is -3.03. The lowest BCUT2D eigenvalue weighted by Crippen LogP contribution is -2.65. The summed E-state index contributed by atoms with van der Waals surface area (Å²) in [5.74, 6) is -1.75. The molecule has 1 unspecified atom stereocenters. The van der Waals surface area contributed by atoms with Gasteiger partial charge in [0.1, 0.15) is 17.7 Å². The van der Waals surface area contributed by atoms with E-state index in [2.05, 4.69) is 53.8 Å². The molecule has 0 aliphatic heterocycles. The first-order chi connectivity index (χ1) is 23.1. The number of allylic oxidation sites excluding steroid dienone is 1. The molecule has 6 rings (SSSR count). The summed E-state index contributed by atoms with van der Waals surface area (Å²) in [5, 5.41) is 12.9. The number of halogens is 1. The largest absolute Gasteiger partial charge is 0.481 e. The third kappa shape index (κ3) is 5.31. The highest BCUT2D eigenvalue weighted by Crippen LogP contribution is 2.75. The van der Waals surface area contributed by atoms with E-state index in [0.29, 0.717) is 18.3 Å². The van der Waals surface area contributed by atoms with E-state index in [9.17, 15) is 28.7 Å². The van der Waals surface area contributed by atoms with Crippen LogP contribution >= 0.6 is 0 Å². The summed E-state index contributed by atoms with van der Waals surface area (Å²) in [6.45, 7) is 19.2. The van der Waals surface area contributed by atoms with Crippen LogP contribution in [-0.2, 0) is 19.1 Å². The molecule has 0 heterocycles. The molecule has 50 heavy (non-hydrogen) atoms. The molecule has 8 heteroatoms. The monoisotopic (exact) mass is 691 g/mol. The van der Waals surface area contributed by atoms with Crippen molar-refractivity contribution < 1.29 is 33.4 Å². The summed E-state index contributed by atoms with van der Waals surface area (Å²) < 4.78 is 20.9. The van der Waals surface area contributed by atoms with E-state index in [1.807, 2.05) is 0 Å². The van der Waals surface area contributed by atoms with Crippen LogP contribution in [0.3, 0.4) is 0 Å². The summed E-state index contributed by atoms with van der Waals surface area (Å²) in [6.07, 6.45) is 6.84. The van der Waals surface area contributed by atoms with E-state index in [0.717, 1.165) is 50.5 Å². The number of amides is 1. The van der Waals surface area contributed by atoms with Gasteiger partial charge in [-0.25, -0.2) is 4.39 Å². The van der Waals surface area contributed by atoms with Crippen LogP contribution in [0.2, 0.25) is 0 Å². The van der Waals surface area contributed by atoms with Gasteiger partial charge in [-0.05, 0) is 117 Å². The number of carboxylic acids is 1. The van der Waals surface area contributed by atoms with Gasteiger partial charge in [0, 0.05) is 17.8 Å². The van der Waals surface area contributed by atoms with Gasteiger partial charge in [-0.2, -0.15) is 0 Å². The Bertz CT molecular complexity index is 1640. The predicted molar refractivity (Wildman–Crippen MR) is 190 cm³/mol. The number of nitrogens with one attached hydrogen (secondary N) is 1. The normalized spacial score (nSPS) is 37.7. The van der Waals surface area contributed by atoms with Gasteiger partial charge in [0.2, 0.25) is 0 Å². The number of carboxylic acid groups (broad SMARTS) is 1. The molecule has 4 saturated carbocycles. The molecule has 8 atom stereocenters. The lowest BCUT2D eigenvalue weighted by molar-refractivity contribution is -0.214. The zero-order valence-corrected chi connectivity index (χ0v) is 31.6.